The van der Waals surface area contributed by atoms with Gasteiger partial charge in [0, 0.05) is 17.8 Å². The molecule has 0 radical (unpaired) electrons. The van der Waals surface area contributed by atoms with Crippen molar-refractivity contribution >= 4 is 51.7 Å². The third-order valence-corrected chi connectivity index (χ3v) is 12.2. The lowest BCUT2D eigenvalue weighted by Crippen LogP contribution is -2.71. The Morgan fingerprint density at radius 1 is 0.820 bits per heavy atom. The van der Waals surface area contributed by atoms with Gasteiger partial charge in [0.05, 0.1) is 12.9 Å². The topological polar surface area (TPSA) is 154 Å². The van der Waals surface area contributed by atoms with Gasteiger partial charge in [0.15, 0.2) is 16.5 Å². The first-order valence-corrected chi connectivity index (χ1v) is 21.1. The zero-order valence-electron chi connectivity index (χ0n) is 33.1. The Kier molecular flexibility index (Phi) is 12.4. The van der Waals surface area contributed by atoms with Crippen LogP contribution in [-0.4, -0.2) is 69.8 Å². The summed E-state index contributed by atoms with van der Waals surface area (Å²) in [6.45, 7) is 0.0967. The summed E-state index contributed by atoms with van der Waals surface area (Å²) in [5.74, 6) is -0.723. The summed E-state index contributed by atoms with van der Waals surface area (Å²) >= 11 is 2.66. The van der Waals surface area contributed by atoms with E-state index >= 15 is 0 Å². The number of carbonyl (C=O) groups is 3. The first-order chi connectivity index (χ1) is 29.9. The first kappa shape index (κ1) is 40.8. The molecule has 0 spiro atoms. The number of benzene rings is 4. The fourth-order valence-corrected chi connectivity index (χ4v) is 9.19. The molecule has 0 aliphatic carbocycles. The fraction of sp³-hybridized carbons (Fsp3) is 0.174. The number of carbonyl (C=O) groups excluding carboxylic acids is 3. The highest BCUT2D eigenvalue weighted by Crippen LogP contribution is 2.42. The number of aromatic nitrogens is 2. The van der Waals surface area contributed by atoms with Crippen molar-refractivity contribution in [1.82, 2.24) is 20.2 Å². The summed E-state index contributed by atoms with van der Waals surface area (Å²) in [6, 6.07) is 39.9. The standard InChI is InChI=1S/C46H40N6O7S2/c1-56-35-20-18-30(19-21-35)27-59-44(55)40-37(58-26-31-22-24-47-25-23-31)29-60-43-39(42(54)52(40)43)49-41(53)38(51-57-2)36-28-61-45(48-36)50-46(32-12-6-3-7-13-32,33-14-8-4-9-15-33)34-16-10-5-11-17-34/h3-25,28,39,43H,26-27,29H2,1-2H3,(H,48,50)(H,49,53)/b51-38-/t39-,43-/m1/s1. The van der Waals surface area contributed by atoms with Gasteiger partial charge in [-0.1, -0.05) is 108 Å². The van der Waals surface area contributed by atoms with Gasteiger partial charge in [0.1, 0.15) is 54.5 Å². The van der Waals surface area contributed by atoms with Crippen LogP contribution in [0.2, 0.25) is 0 Å². The van der Waals surface area contributed by atoms with Crippen LogP contribution in [0, 0.1) is 0 Å². The van der Waals surface area contributed by atoms with E-state index in [0.717, 1.165) is 27.8 Å². The molecular weight excluding hydrogens is 813 g/mol. The van der Waals surface area contributed by atoms with Crippen molar-refractivity contribution < 1.29 is 33.4 Å². The lowest BCUT2D eigenvalue weighted by molar-refractivity contribution is -0.153. The highest BCUT2D eigenvalue weighted by molar-refractivity contribution is 8.00. The maximum absolute atomic E-state index is 14.1. The molecule has 0 saturated carbocycles. The van der Waals surface area contributed by atoms with Crippen LogP contribution >= 0.6 is 23.1 Å². The summed E-state index contributed by atoms with van der Waals surface area (Å²) in [5.41, 5.74) is 3.75. The Morgan fingerprint density at radius 2 is 1.43 bits per heavy atom. The van der Waals surface area contributed by atoms with Crippen LogP contribution in [0.5, 0.6) is 5.75 Å². The van der Waals surface area contributed by atoms with E-state index in [-0.39, 0.29) is 41.8 Å². The number of esters is 1. The van der Waals surface area contributed by atoms with Gasteiger partial charge in [0.2, 0.25) is 0 Å². The fourth-order valence-electron chi connectivity index (χ4n) is 7.17. The van der Waals surface area contributed by atoms with E-state index in [2.05, 4.69) is 57.2 Å². The van der Waals surface area contributed by atoms with E-state index in [9.17, 15) is 14.4 Å². The lowest BCUT2D eigenvalue weighted by atomic mass is 9.77. The second-order valence-corrected chi connectivity index (χ2v) is 15.8. The van der Waals surface area contributed by atoms with Gasteiger partial charge in [-0.05, 0) is 52.1 Å². The van der Waals surface area contributed by atoms with Crippen LogP contribution in [0.15, 0.2) is 162 Å². The summed E-state index contributed by atoms with van der Waals surface area (Å²) in [5, 5.41) is 12.2. The number of ether oxygens (including phenoxy) is 3. The highest BCUT2D eigenvalue weighted by atomic mass is 32.2. The van der Waals surface area contributed by atoms with E-state index in [0.29, 0.717) is 10.9 Å². The van der Waals surface area contributed by atoms with E-state index in [1.54, 1.807) is 61.3 Å². The molecule has 61 heavy (non-hydrogen) atoms. The van der Waals surface area contributed by atoms with E-state index < -0.39 is 34.7 Å². The molecule has 2 N–H and O–H groups in total. The first-order valence-electron chi connectivity index (χ1n) is 19.2. The molecule has 4 heterocycles. The number of hydrogen-bond acceptors (Lipinski definition) is 13. The van der Waals surface area contributed by atoms with E-state index in [1.165, 1.54) is 35.1 Å². The summed E-state index contributed by atoms with van der Waals surface area (Å²) < 4.78 is 17.1. The Labute approximate surface area is 360 Å². The smallest absolute Gasteiger partial charge is 0.358 e. The predicted molar refractivity (Wildman–Crippen MR) is 232 cm³/mol. The number of pyridine rings is 1. The zero-order chi connectivity index (χ0) is 42.2. The summed E-state index contributed by atoms with van der Waals surface area (Å²) in [6.07, 6.45) is 3.29. The molecule has 8 rings (SSSR count). The maximum Gasteiger partial charge on any atom is 0.358 e. The normalized spacial score (nSPS) is 16.2. The number of β-lactam (4-membered cyclic amide) rings is 1. The molecule has 13 nitrogen and oxygen atoms in total. The van der Waals surface area contributed by atoms with Crippen molar-refractivity contribution in [2.24, 2.45) is 5.16 Å². The largest absolute Gasteiger partial charge is 0.497 e. The van der Waals surface area contributed by atoms with Crippen LogP contribution in [0.1, 0.15) is 33.5 Å². The predicted octanol–water partition coefficient (Wildman–Crippen LogP) is 6.87. The zero-order valence-corrected chi connectivity index (χ0v) is 34.7. The number of nitrogens with one attached hydrogen (secondary N) is 2. The molecule has 1 fully saturated rings. The third kappa shape index (κ3) is 8.56. The number of nitrogens with zero attached hydrogens (tertiary/aromatic N) is 4. The lowest BCUT2D eigenvalue weighted by Gasteiger charge is -2.49. The second-order valence-electron chi connectivity index (χ2n) is 13.8. The van der Waals surface area contributed by atoms with Gasteiger partial charge >= 0.3 is 5.97 Å². The van der Waals surface area contributed by atoms with Crippen LogP contribution in [-0.2, 0) is 47.4 Å². The van der Waals surface area contributed by atoms with Crippen molar-refractivity contribution in [3.8, 4) is 5.75 Å². The maximum atomic E-state index is 14.1. The number of thiazole rings is 1. The molecule has 2 amide bonds. The minimum Gasteiger partial charge on any atom is -0.497 e. The molecule has 6 aromatic rings. The molecule has 2 aromatic heterocycles. The third-order valence-electron chi connectivity index (χ3n) is 10.2. The van der Waals surface area contributed by atoms with Crippen molar-refractivity contribution in [2.45, 2.75) is 30.2 Å². The van der Waals surface area contributed by atoms with Crippen LogP contribution in [0.3, 0.4) is 0 Å². The summed E-state index contributed by atoms with van der Waals surface area (Å²) in [7, 11) is 2.90. The van der Waals surface area contributed by atoms with Crippen molar-refractivity contribution in [3.63, 3.8) is 0 Å². The molecule has 0 unspecified atom stereocenters. The minimum atomic E-state index is -0.996. The molecule has 15 heteroatoms. The number of anilines is 1. The Morgan fingerprint density at radius 3 is 2.02 bits per heavy atom. The number of fused-ring (bicyclic) bond motifs is 1. The van der Waals surface area contributed by atoms with E-state index in [4.69, 9.17) is 24.0 Å². The van der Waals surface area contributed by atoms with Gasteiger partial charge in [-0.15, -0.1) is 23.1 Å². The molecule has 2 aliphatic rings. The Bertz CT molecular complexity index is 2440. The van der Waals surface area contributed by atoms with Crippen molar-refractivity contribution in [1.29, 1.82) is 0 Å². The minimum absolute atomic E-state index is 0.0125. The average molecular weight is 853 g/mol. The molecule has 4 aromatic carbocycles. The van der Waals surface area contributed by atoms with E-state index in [1.807, 2.05) is 54.6 Å². The number of thioether (sulfide) groups is 1. The number of methoxy groups -OCH3 is 1. The number of amides is 2. The average Bonchev–Trinajstić information content (AvgIpc) is 3.79. The van der Waals surface area contributed by atoms with Gasteiger partial charge in [-0.2, -0.15) is 0 Å². The van der Waals surface area contributed by atoms with Gasteiger partial charge in [-0.25, -0.2) is 9.78 Å². The van der Waals surface area contributed by atoms with Gasteiger partial charge in [0.25, 0.3) is 11.8 Å². The molecule has 2 aliphatic heterocycles. The molecule has 1 saturated heterocycles. The van der Waals surface area contributed by atoms with Crippen molar-refractivity contribution in [2.75, 3.05) is 25.3 Å². The second kappa shape index (κ2) is 18.5. The molecule has 0 bridgehead atoms. The summed E-state index contributed by atoms with van der Waals surface area (Å²) in [4.78, 5) is 57.2. The van der Waals surface area contributed by atoms with Crippen LogP contribution in [0.25, 0.3) is 0 Å². The Balaban J connectivity index is 1.03. The molecule has 308 valence electrons. The Hall–Kier alpha value is -6.97. The van der Waals surface area contributed by atoms with Crippen molar-refractivity contribution in [3.05, 3.63) is 190 Å². The monoisotopic (exact) mass is 852 g/mol. The van der Waals surface area contributed by atoms with Gasteiger partial charge < -0.3 is 29.7 Å². The van der Waals surface area contributed by atoms with Crippen LogP contribution in [0.4, 0.5) is 5.13 Å². The molecule has 2 atom stereocenters. The quantitative estimate of drug-likeness (QED) is 0.0345. The van der Waals surface area contributed by atoms with Gasteiger partial charge in [-0.3, -0.25) is 19.5 Å². The van der Waals surface area contributed by atoms with Crippen LogP contribution < -0.4 is 15.4 Å². The number of rotatable bonds is 16. The molecular formula is C46H40N6O7S2. The number of oxime groups is 1. The SMILES string of the molecule is CO/N=C(\C(=O)N[C@@H]1C(=O)N2C(C(=O)OCc3ccc(OC)cc3)=C(OCc3ccncc3)CS[C@H]12)c1csc(NC(c2ccccc2)(c2ccccc2)c2ccccc2)n1. The number of hydrogen-bond donors (Lipinski definition) is 2. The highest BCUT2D eigenvalue weighted by Gasteiger charge is 2.55.